The van der Waals surface area contributed by atoms with Gasteiger partial charge in [0.15, 0.2) is 6.00 Å². The average molecular weight is 171 g/mol. The van der Waals surface area contributed by atoms with Gasteiger partial charge in [0.25, 0.3) is 0 Å². The van der Waals surface area contributed by atoms with E-state index in [0.29, 0.717) is 10.5 Å². The molecule has 1 aromatic carbocycles. The molecule has 0 unspecified atom stereocenters. The number of halogens is 1. The summed E-state index contributed by atoms with van der Waals surface area (Å²) < 4.78 is 0. The molecule has 4 heteroatoms. The SMILES string of the molecule is [O-]/[N+](=N\CCl)c1ccccc1. The van der Waals surface area contributed by atoms with Gasteiger partial charge in [-0.3, -0.25) is 0 Å². The van der Waals surface area contributed by atoms with Crippen molar-refractivity contribution in [2.24, 2.45) is 5.11 Å². The predicted molar refractivity (Wildman–Crippen MR) is 42.9 cm³/mol. The standard InChI is InChI=1S/C7H7ClN2O/c8-6-9-10(11)7-4-2-1-3-5-7/h1-5H,6H2/b10-9-. The van der Waals surface area contributed by atoms with Crippen LogP contribution in [0, 0.1) is 5.21 Å². The number of azo groups is 1. The third kappa shape index (κ3) is 2.20. The Bertz CT molecular complexity index is 248. The maximum absolute atomic E-state index is 10.9. The zero-order chi connectivity index (χ0) is 8.10. The van der Waals surface area contributed by atoms with E-state index in [1.54, 1.807) is 24.3 Å². The molecule has 1 rings (SSSR count). The fourth-order valence-corrected chi connectivity index (χ4v) is 0.783. The van der Waals surface area contributed by atoms with Crippen LogP contribution in [0.4, 0.5) is 5.69 Å². The van der Waals surface area contributed by atoms with E-state index in [0.717, 1.165) is 0 Å². The van der Waals surface area contributed by atoms with Crippen LogP contribution in [-0.4, -0.2) is 10.9 Å². The monoisotopic (exact) mass is 170 g/mol. The molecule has 0 saturated carbocycles. The molecule has 0 aliphatic rings. The number of alkyl halides is 1. The highest BCUT2D eigenvalue weighted by atomic mass is 35.5. The van der Waals surface area contributed by atoms with E-state index in [4.69, 9.17) is 11.6 Å². The number of hydrogen-bond acceptors (Lipinski definition) is 2. The molecule has 0 saturated heterocycles. The maximum atomic E-state index is 10.9. The van der Waals surface area contributed by atoms with Gasteiger partial charge in [0.2, 0.25) is 5.69 Å². The van der Waals surface area contributed by atoms with Gasteiger partial charge in [-0.2, -0.15) is 0 Å². The first kappa shape index (κ1) is 8.01. The summed E-state index contributed by atoms with van der Waals surface area (Å²) in [4.78, 5) is 0.507. The lowest BCUT2D eigenvalue weighted by atomic mass is 10.3. The van der Waals surface area contributed by atoms with Gasteiger partial charge in [0, 0.05) is 12.1 Å². The van der Waals surface area contributed by atoms with Gasteiger partial charge < -0.3 is 5.21 Å². The van der Waals surface area contributed by atoms with Crippen LogP contribution in [0.2, 0.25) is 0 Å². The second kappa shape index (κ2) is 3.93. The molecule has 1 aromatic rings. The molecule has 0 aliphatic heterocycles. The summed E-state index contributed by atoms with van der Waals surface area (Å²) in [6.07, 6.45) is 0. The van der Waals surface area contributed by atoms with Crippen molar-refractivity contribution in [3.8, 4) is 0 Å². The molecule has 0 spiro atoms. The largest absolute Gasteiger partial charge is 0.594 e. The second-order valence-electron chi connectivity index (χ2n) is 1.87. The van der Waals surface area contributed by atoms with E-state index in [9.17, 15) is 5.21 Å². The fraction of sp³-hybridized carbons (Fsp3) is 0.143. The third-order valence-corrected chi connectivity index (χ3v) is 1.27. The lowest BCUT2D eigenvalue weighted by Gasteiger charge is -1.96. The van der Waals surface area contributed by atoms with Crippen LogP contribution in [0.15, 0.2) is 35.4 Å². The zero-order valence-corrected chi connectivity index (χ0v) is 6.53. The molecule has 58 valence electrons. The molecule has 0 amide bonds. The van der Waals surface area contributed by atoms with Crippen molar-refractivity contribution >= 4 is 17.3 Å². The minimum atomic E-state index is -0.0155. The Morgan fingerprint density at radius 3 is 2.55 bits per heavy atom. The smallest absolute Gasteiger partial charge is 0.244 e. The maximum Gasteiger partial charge on any atom is 0.244 e. The molecule has 3 nitrogen and oxygen atoms in total. The summed E-state index contributed by atoms with van der Waals surface area (Å²) in [5.74, 6) is 0. The highest BCUT2D eigenvalue weighted by molar-refractivity contribution is 6.17. The molecule has 0 fully saturated rings. The lowest BCUT2D eigenvalue weighted by Crippen LogP contribution is -1.90. The van der Waals surface area contributed by atoms with Crippen molar-refractivity contribution in [2.45, 2.75) is 0 Å². The van der Waals surface area contributed by atoms with Gasteiger partial charge in [0.05, 0.1) is 0 Å². The van der Waals surface area contributed by atoms with Crippen LogP contribution in [0.5, 0.6) is 0 Å². The fourth-order valence-electron chi connectivity index (χ4n) is 0.686. The van der Waals surface area contributed by atoms with Crippen molar-refractivity contribution in [3.63, 3.8) is 0 Å². The molecule has 0 aromatic heterocycles. The minimum Gasteiger partial charge on any atom is -0.594 e. The first-order valence-corrected chi connectivity index (χ1v) is 3.63. The predicted octanol–water partition coefficient (Wildman–Crippen LogP) is 2.48. The minimum absolute atomic E-state index is 0.0155. The summed E-state index contributed by atoms with van der Waals surface area (Å²) in [5.41, 5.74) is 0.494. The van der Waals surface area contributed by atoms with E-state index in [-0.39, 0.29) is 6.00 Å². The number of rotatable bonds is 2. The Labute approximate surface area is 69.5 Å². The van der Waals surface area contributed by atoms with Gasteiger partial charge in [-0.15, -0.1) is 0 Å². The number of nitrogens with zero attached hydrogens (tertiary/aromatic N) is 2. The molecule has 0 atom stereocenters. The van der Waals surface area contributed by atoms with Gasteiger partial charge >= 0.3 is 0 Å². The van der Waals surface area contributed by atoms with E-state index >= 15 is 0 Å². The van der Waals surface area contributed by atoms with Gasteiger partial charge in [-0.25, -0.2) is 0 Å². The number of benzene rings is 1. The molecule has 0 radical (unpaired) electrons. The Hall–Kier alpha value is -1.09. The van der Waals surface area contributed by atoms with Gasteiger partial charge in [0.1, 0.15) is 0 Å². The van der Waals surface area contributed by atoms with Crippen molar-refractivity contribution in [2.75, 3.05) is 6.00 Å². The molecule has 11 heavy (non-hydrogen) atoms. The molecule has 0 N–H and O–H groups in total. The van der Waals surface area contributed by atoms with E-state index in [1.807, 2.05) is 6.07 Å². The van der Waals surface area contributed by atoms with E-state index < -0.39 is 0 Å². The van der Waals surface area contributed by atoms with Crippen LogP contribution >= 0.6 is 11.6 Å². The quantitative estimate of drug-likeness (QED) is 0.221. The van der Waals surface area contributed by atoms with Gasteiger partial charge in [-0.1, -0.05) is 34.7 Å². The lowest BCUT2D eigenvalue weighted by molar-refractivity contribution is -0.440. The van der Waals surface area contributed by atoms with Crippen LogP contribution in [0.3, 0.4) is 0 Å². The van der Waals surface area contributed by atoms with Gasteiger partial charge in [-0.05, 0) is 5.11 Å². The Kier molecular flexibility index (Phi) is 2.86. The second-order valence-corrected chi connectivity index (χ2v) is 2.11. The Balaban J connectivity index is 2.85. The third-order valence-electron chi connectivity index (χ3n) is 1.16. The van der Waals surface area contributed by atoms with Crippen molar-refractivity contribution in [1.82, 2.24) is 0 Å². The zero-order valence-electron chi connectivity index (χ0n) is 5.77. The van der Waals surface area contributed by atoms with E-state index in [2.05, 4.69) is 5.11 Å². The highest BCUT2D eigenvalue weighted by Crippen LogP contribution is 2.09. The molecule has 0 bridgehead atoms. The summed E-state index contributed by atoms with van der Waals surface area (Å²) in [6.45, 7) is 0. The number of hydrogen-bond donors (Lipinski definition) is 0. The first-order chi connectivity index (χ1) is 5.34. The Morgan fingerprint density at radius 2 is 2.00 bits per heavy atom. The normalized spacial score (nSPS) is 11.5. The van der Waals surface area contributed by atoms with E-state index in [1.165, 1.54) is 0 Å². The topological polar surface area (TPSA) is 38.4 Å². The summed E-state index contributed by atoms with van der Waals surface area (Å²) in [7, 11) is 0. The van der Waals surface area contributed by atoms with Crippen molar-refractivity contribution in [1.29, 1.82) is 0 Å². The molecule has 0 heterocycles. The van der Waals surface area contributed by atoms with Crippen molar-refractivity contribution in [3.05, 3.63) is 35.5 Å². The number of para-hydroxylation sites is 1. The summed E-state index contributed by atoms with van der Waals surface area (Å²) >= 11 is 5.24. The first-order valence-electron chi connectivity index (χ1n) is 3.10. The molecular weight excluding hydrogens is 164 g/mol. The summed E-state index contributed by atoms with van der Waals surface area (Å²) in [5, 5.41) is 14.3. The van der Waals surface area contributed by atoms with Crippen LogP contribution < -0.4 is 0 Å². The average Bonchev–Trinajstić information content (AvgIpc) is 2.07. The summed E-state index contributed by atoms with van der Waals surface area (Å²) in [6, 6.07) is 8.69. The van der Waals surface area contributed by atoms with Crippen LogP contribution in [0.1, 0.15) is 0 Å². The van der Waals surface area contributed by atoms with Crippen LogP contribution in [-0.2, 0) is 0 Å². The molecule has 0 aliphatic carbocycles. The Morgan fingerprint density at radius 1 is 1.36 bits per heavy atom. The highest BCUT2D eigenvalue weighted by Gasteiger charge is 1.98. The van der Waals surface area contributed by atoms with Crippen LogP contribution in [0.25, 0.3) is 0 Å². The van der Waals surface area contributed by atoms with Crippen molar-refractivity contribution < 1.29 is 4.86 Å². The molecular formula is C7H7ClN2O.